The van der Waals surface area contributed by atoms with Crippen LogP contribution >= 0.6 is 0 Å². The van der Waals surface area contributed by atoms with Gasteiger partial charge >= 0.3 is 5.97 Å². The lowest BCUT2D eigenvalue weighted by Crippen LogP contribution is -2.07. The summed E-state index contributed by atoms with van der Waals surface area (Å²) in [6.45, 7) is 0. The highest BCUT2D eigenvalue weighted by Gasteiger charge is 2.09. The first-order valence-corrected chi connectivity index (χ1v) is 3.90. The molecule has 0 amide bonds. The molecule has 5 heteroatoms. The monoisotopic (exact) mass is 190 g/mol. The second-order valence-corrected chi connectivity index (χ2v) is 2.77. The molecule has 0 radical (unpaired) electrons. The molecule has 2 rings (SSSR count). The lowest BCUT2D eigenvalue weighted by molar-refractivity contribution is 0.0699. The molecule has 2 N–H and O–H groups in total. The first-order valence-electron chi connectivity index (χ1n) is 3.90. The standard InChI is InChI=1S/C9H6N2O3/c12-7-4-10-11-8-5(7)2-1-3-6(8)9(13)14/h1-4H,(H,11,12)(H,13,14). The van der Waals surface area contributed by atoms with Crippen molar-refractivity contribution in [3.8, 4) is 0 Å². The molecule has 1 aromatic heterocycles. The number of aromatic carboxylic acids is 1. The zero-order chi connectivity index (χ0) is 10.1. The fourth-order valence-electron chi connectivity index (χ4n) is 1.28. The molecule has 0 unspecified atom stereocenters. The van der Waals surface area contributed by atoms with Crippen molar-refractivity contribution < 1.29 is 9.90 Å². The first-order chi connectivity index (χ1) is 6.70. The Kier molecular flexibility index (Phi) is 1.78. The van der Waals surface area contributed by atoms with Gasteiger partial charge in [-0.1, -0.05) is 6.07 Å². The molecule has 0 saturated carbocycles. The van der Waals surface area contributed by atoms with Crippen molar-refractivity contribution in [2.45, 2.75) is 0 Å². The van der Waals surface area contributed by atoms with E-state index in [2.05, 4.69) is 10.2 Å². The third-order valence-corrected chi connectivity index (χ3v) is 1.92. The summed E-state index contributed by atoms with van der Waals surface area (Å²) in [6.07, 6.45) is 1.12. The molecule has 0 spiro atoms. The van der Waals surface area contributed by atoms with Gasteiger partial charge in [-0.05, 0) is 12.1 Å². The number of hydrogen-bond acceptors (Lipinski definition) is 3. The molecule has 0 aliphatic carbocycles. The second kappa shape index (κ2) is 2.95. The van der Waals surface area contributed by atoms with E-state index in [0.29, 0.717) is 5.39 Å². The van der Waals surface area contributed by atoms with Crippen molar-refractivity contribution in [2.75, 3.05) is 0 Å². The van der Waals surface area contributed by atoms with Gasteiger partial charge in [0, 0.05) is 5.39 Å². The van der Waals surface area contributed by atoms with Gasteiger partial charge in [-0.25, -0.2) is 4.79 Å². The average Bonchev–Trinajstić information content (AvgIpc) is 2.17. The van der Waals surface area contributed by atoms with Gasteiger partial charge in [0.15, 0.2) is 0 Å². The Balaban J connectivity index is 2.95. The molecule has 70 valence electrons. The topological polar surface area (TPSA) is 83.0 Å². The van der Waals surface area contributed by atoms with Crippen LogP contribution in [0.4, 0.5) is 0 Å². The number of carboxylic acid groups (broad SMARTS) is 1. The van der Waals surface area contributed by atoms with E-state index in [1.165, 1.54) is 12.1 Å². The maximum absolute atomic E-state index is 11.3. The van der Waals surface area contributed by atoms with Gasteiger partial charge < -0.3 is 5.11 Å². The average molecular weight is 190 g/mol. The number of benzene rings is 1. The number of aromatic nitrogens is 2. The molecule has 0 fully saturated rings. The van der Waals surface area contributed by atoms with Gasteiger partial charge in [-0.3, -0.25) is 9.89 Å². The van der Waals surface area contributed by atoms with E-state index in [4.69, 9.17) is 5.11 Å². The Bertz CT molecular complexity index is 559. The maximum atomic E-state index is 11.3. The van der Waals surface area contributed by atoms with Crippen LogP contribution in [0.5, 0.6) is 0 Å². The third kappa shape index (κ3) is 1.15. The fraction of sp³-hybridized carbons (Fsp3) is 0. The first kappa shape index (κ1) is 8.43. The van der Waals surface area contributed by atoms with Gasteiger partial charge in [0.05, 0.1) is 17.3 Å². The Morgan fingerprint density at radius 3 is 2.93 bits per heavy atom. The van der Waals surface area contributed by atoms with E-state index in [-0.39, 0.29) is 16.5 Å². The molecule has 0 aliphatic heterocycles. The number of aromatic amines is 1. The van der Waals surface area contributed by atoms with E-state index >= 15 is 0 Å². The normalized spacial score (nSPS) is 10.3. The summed E-state index contributed by atoms with van der Waals surface area (Å²) in [6, 6.07) is 4.51. The zero-order valence-corrected chi connectivity index (χ0v) is 7.02. The van der Waals surface area contributed by atoms with Crippen LogP contribution in [0.15, 0.2) is 29.2 Å². The van der Waals surface area contributed by atoms with E-state index in [0.717, 1.165) is 6.20 Å². The Morgan fingerprint density at radius 1 is 1.43 bits per heavy atom. The fourth-order valence-corrected chi connectivity index (χ4v) is 1.28. The van der Waals surface area contributed by atoms with E-state index in [9.17, 15) is 9.59 Å². The molecular formula is C9H6N2O3. The number of rotatable bonds is 1. The number of nitrogens with zero attached hydrogens (tertiary/aromatic N) is 1. The molecular weight excluding hydrogens is 184 g/mol. The predicted molar refractivity (Wildman–Crippen MR) is 49.3 cm³/mol. The van der Waals surface area contributed by atoms with Crippen LogP contribution < -0.4 is 5.43 Å². The van der Waals surface area contributed by atoms with E-state index in [1.54, 1.807) is 6.07 Å². The van der Waals surface area contributed by atoms with Crippen LogP contribution in [0, 0.1) is 0 Å². The van der Waals surface area contributed by atoms with E-state index < -0.39 is 5.97 Å². The highest BCUT2D eigenvalue weighted by Crippen LogP contribution is 2.11. The summed E-state index contributed by atoms with van der Waals surface area (Å²) in [4.78, 5) is 22.1. The molecule has 0 saturated heterocycles. The quantitative estimate of drug-likeness (QED) is 0.690. The summed E-state index contributed by atoms with van der Waals surface area (Å²) in [5, 5.41) is 15.2. The highest BCUT2D eigenvalue weighted by atomic mass is 16.4. The zero-order valence-electron chi connectivity index (χ0n) is 7.02. The summed E-state index contributed by atoms with van der Waals surface area (Å²) < 4.78 is 0. The minimum absolute atomic E-state index is 0.0488. The number of nitrogens with one attached hydrogen (secondary N) is 1. The van der Waals surface area contributed by atoms with Crippen LogP contribution in [0.25, 0.3) is 10.9 Å². The number of H-pyrrole nitrogens is 1. The lowest BCUT2D eigenvalue weighted by atomic mass is 10.1. The molecule has 0 atom stereocenters. The van der Waals surface area contributed by atoms with Gasteiger partial charge in [-0.15, -0.1) is 0 Å². The molecule has 5 nitrogen and oxygen atoms in total. The SMILES string of the molecule is O=C(O)c1cccc2c(=O)cn[nH]c12. The summed E-state index contributed by atoms with van der Waals surface area (Å²) in [5.41, 5.74) is 0.0158. The van der Waals surface area contributed by atoms with Gasteiger partial charge in [-0.2, -0.15) is 5.10 Å². The van der Waals surface area contributed by atoms with Crippen molar-refractivity contribution in [3.63, 3.8) is 0 Å². The number of hydrogen-bond donors (Lipinski definition) is 2. The summed E-state index contributed by atoms with van der Waals surface area (Å²) in [7, 11) is 0. The van der Waals surface area contributed by atoms with Gasteiger partial charge in [0.1, 0.15) is 0 Å². The largest absolute Gasteiger partial charge is 0.478 e. The van der Waals surface area contributed by atoms with Crippen LogP contribution in [0.1, 0.15) is 10.4 Å². The molecule has 0 aliphatic rings. The minimum atomic E-state index is -1.08. The van der Waals surface area contributed by atoms with Crippen molar-refractivity contribution in [3.05, 3.63) is 40.2 Å². The molecule has 2 aromatic rings. The van der Waals surface area contributed by atoms with Gasteiger partial charge in [0.2, 0.25) is 5.43 Å². The van der Waals surface area contributed by atoms with Crippen molar-refractivity contribution in [1.29, 1.82) is 0 Å². The van der Waals surface area contributed by atoms with E-state index in [1.807, 2.05) is 0 Å². The Hall–Kier alpha value is -2.17. The summed E-state index contributed by atoms with van der Waals surface area (Å²) in [5.74, 6) is -1.08. The van der Waals surface area contributed by atoms with Crippen LogP contribution in [0.3, 0.4) is 0 Å². The van der Waals surface area contributed by atoms with Crippen LogP contribution in [0.2, 0.25) is 0 Å². The van der Waals surface area contributed by atoms with Crippen molar-refractivity contribution >= 4 is 16.9 Å². The smallest absolute Gasteiger partial charge is 0.337 e. The number of carbonyl (C=O) groups is 1. The molecule has 1 heterocycles. The predicted octanol–water partition coefficient (Wildman–Crippen LogP) is 0.621. The van der Waals surface area contributed by atoms with Gasteiger partial charge in [0.25, 0.3) is 0 Å². The Morgan fingerprint density at radius 2 is 2.21 bits per heavy atom. The number of para-hydroxylation sites is 1. The van der Waals surface area contributed by atoms with Crippen molar-refractivity contribution in [1.82, 2.24) is 10.2 Å². The molecule has 0 bridgehead atoms. The number of fused-ring (bicyclic) bond motifs is 1. The Labute approximate surface area is 78.0 Å². The second-order valence-electron chi connectivity index (χ2n) is 2.77. The highest BCUT2D eigenvalue weighted by molar-refractivity contribution is 6.01. The molecule has 14 heavy (non-hydrogen) atoms. The molecule has 1 aromatic carbocycles. The van der Waals surface area contributed by atoms with Crippen molar-refractivity contribution in [2.24, 2.45) is 0 Å². The van der Waals surface area contributed by atoms with Crippen LogP contribution in [-0.4, -0.2) is 21.3 Å². The minimum Gasteiger partial charge on any atom is -0.478 e. The maximum Gasteiger partial charge on any atom is 0.337 e. The number of carboxylic acids is 1. The third-order valence-electron chi connectivity index (χ3n) is 1.92. The van der Waals surface area contributed by atoms with Crippen LogP contribution in [-0.2, 0) is 0 Å². The summed E-state index contributed by atoms with van der Waals surface area (Å²) >= 11 is 0. The lowest BCUT2D eigenvalue weighted by Gasteiger charge is -1.99.